The van der Waals surface area contributed by atoms with E-state index in [1.54, 1.807) is 6.20 Å². The van der Waals surface area contributed by atoms with Crippen LogP contribution in [0.15, 0.2) is 24.8 Å². The molecule has 4 aromatic rings. The lowest BCUT2D eigenvalue weighted by molar-refractivity contribution is 0.0900. The second-order valence-electron chi connectivity index (χ2n) is 8.67. The van der Waals surface area contributed by atoms with E-state index < -0.39 is 0 Å². The molecule has 0 unspecified atom stereocenters. The van der Waals surface area contributed by atoms with Crippen LogP contribution < -0.4 is 5.32 Å². The van der Waals surface area contributed by atoms with Gasteiger partial charge in [-0.2, -0.15) is 5.10 Å². The minimum Gasteiger partial charge on any atom is -0.347 e. The molecule has 1 saturated carbocycles. The number of thiazole rings is 1. The van der Waals surface area contributed by atoms with Crippen molar-refractivity contribution in [1.29, 1.82) is 0 Å². The van der Waals surface area contributed by atoms with Gasteiger partial charge in [-0.3, -0.25) is 19.7 Å². The number of fused-ring (bicyclic) bond motifs is 1. The lowest BCUT2D eigenvalue weighted by atomic mass is 9.90. The number of aromatic nitrogens is 7. The first-order chi connectivity index (χ1) is 16.4. The van der Waals surface area contributed by atoms with Gasteiger partial charge in [0.2, 0.25) is 5.78 Å². The van der Waals surface area contributed by atoms with E-state index in [1.165, 1.54) is 12.5 Å². The number of nitrogens with one attached hydrogen (secondary N) is 2. The standard InChI is InChI=1S/C22H23ClN8O2S/c1-11(2)18(32)20-29-15-8-24-14(19-26-10-27-30-19)7-16(15)31(20)13-5-3-4-12(6-13)28-21(33)22-25-9-17(23)34-22/h7-13H,3-6H2,1-2H3,(H,28,33)(H,26,27,30)/t12-,13+/m0/s1. The first-order valence-electron chi connectivity index (χ1n) is 11.1. The Kier molecular flexibility index (Phi) is 6.13. The second-order valence-corrected chi connectivity index (χ2v) is 10.3. The number of aromatic amines is 1. The zero-order valence-corrected chi connectivity index (χ0v) is 20.2. The molecular formula is C22H23ClN8O2S. The van der Waals surface area contributed by atoms with Gasteiger partial charge < -0.3 is 9.88 Å². The SMILES string of the molecule is CC(C)C(=O)c1nc2cnc(-c3nc[nH]n3)cc2n1[C@@H]1CCC[C@H](NC(=O)c2ncc(Cl)s2)C1. The molecule has 5 rings (SSSR count). The molecule has 12 heteroatoms. The average molecular weight is 499 g/mol. The molecule has 0 bridgehead atoms. The van der Waals surface area contributed by atoms with E-state index in [1.807, 2.05) is 24.5 Å². The average Bonchev–Trinajstić information content (AvgIpc) is 3.57. The highest BCUT2D eigenvalue weighted by Crippen LogP contribution is 2.34. The van der Waals surface area contributed by atoms with Gasteiger partial charge >= 0.3 is 0 Å². The number of carbonyl (C=O) groups excluding carboxylic acids is 2. The van der Waals surface area contributed by atoms with E-state index >= 15 is 0 Å². The van der Waals surface area contributed by atoms with Crippen molar-refractivity contribution in [2.75, 3.05) is 0 Å². The molecular weight excluding hydrogens is 476 g/mol. The van der Waals surface area contributed by atoms with Crippen molar-refractivity contribution in [3.05, 3.63) is 40.0 Å². The van der Waals surface area contributed by atoms with E-state index in [0.717, 1.165) is 36.1 Å². The Balaban J connectivity index is 1.50. The number of carbonyl (C=O) groups is 2. The van der Waals surface area contributed by atoms with E-state index in [4.69, 9.17) is 11.6 Å². The van der Waals surface area contributed by atoms with E-state index in [9.17, 15) is 9.59 Å². The molecule has 4 aromatic heterocycles. The molecule has 1 aliphatic carbocycles. The Bertz CT molecular complexity index is 1350. The van der Waals surface area contributed by atoms with Gasteiger partial charge in [0.15, 0.2) is 16.7 Å². The zero-order chi connectivity index (χ0) is 23.8. The van der Waals surface area contributed by atoms with Gasteiger partial charge in [-0.15, -0.1) is 0 Å². The lowest BCUT2D eigenvalue weighted by Gasteiger charge is -2.31. The molecule has 176 valence electrons. The maximum atomic E-state index is 13.1. The fourth-order valence-electron chi connectivity index (χ4n) is 4.39. The Hall–Kier alpha value is -3.18. The number of rotatable bonds is 6. The van der Waals surface area contributed by atoms with E-state index in [0.29, 0.717) is 38.6 Å². The van der Waals surface area contributed by atoms with Crippen LogP contribution in [-0.4, -0.2) is 52.4 Å². The summed E-state index contributed by atoms with van der Waals surface area (Å²) in [6.45, 7) is 3.73. The third-order valence-electron chi connectivity index (χ3n) is 5.98. The van der Waals surface area contributed by atoms with Crippen LogP contribution in [0.2, 0.25) is 4.34 Å². The largest absolute Gasteiger partial charge is 0.347 e. The number of nitrogens with zero attached hydrogens (tertiary/aromatic N) is 6. The van der Waals surface area contributed by atoms with Gasteiger partial charge in [-0.25, -0.2) is 15.0 Å². The maximum Gasteiger partial charge on any atom is 0.280 e. The summed E-state index contributed by atoms with van der Waals surface area (Å²) in [6, 6.07) is 1.81. The smallest absolute Gasteiger partial charge is 0.280 e. The number of H-pyrrole nitrogens is 1. The molecule has 0 aromatic carbocycles. The molecule has 1 amide bonds. The molecule has 0 aliphatic heterocycles. The predicted molar refractivity (Wildman–Crippen MR) is 128 cm³/mol. The Morgan fingerprint density at radius 3 is 2.79 bits per heavy atom. The summed E-state index contributed by atoms with van der Waals surface area (Å²) < 4.78 is 2.50. The number of imidazole rings is 1. The highest BCUT2D eigenvalue weighted by molar-refractivity contribution is 7.17. The van der Waals surface area contributed by atoms with Crippen molar-refractivity contribution >= 4 is 45.7 Å². The van der Waals surface area contributed by atoms with Crippen LogP contribution in [-0.2, 0) is 0 Å². The van der Waals surface area contributed by atoms with Gasteiger partial charge in [0.25, 0.3) is 5.91 Å². The first-order valence-corrected chi connectivity index (χ1v) is 12.3. The molecule has 2 atom stereocenters. The molecule has 1 fully saturated rings. The monoisotopic (exact) mass is 498 g/mol. The molecule has 0 spiro atoms. The Labute approximate surface area is 204 Å². The van der Waals surface area contributed by atoms with Crippen molar-refractivity contribution in [2.24, 2.45) is 5.92 Å². The van der Waals surface area contributed by atoms with Crippen LogP contribution in [0.4, 0.5) is 0 Å². The van der Waals surface area contributed by atoms with Crippen LogP contribution in [0.1, 0.15) is 66.0 Å². The van der Waals surface area contributed by atoms with Gasteiger partial charge in [-0.05, 0) is 31.7 Å². The molecule has 1 aliphatic rings. The van der Waals surface area contributed by atoms with Crippen LogP contribution in [0, 0.1) is 5.92 Å². The van der Waals surface area contributed by atoms with Crippen molar-refractivity contribution in [3.8, 4) is 11.5 Å². The highest BCUT2D eigenvalue weighted by atomic mass is 35.5. The summed E-state index contributed by atoms with van der Waals surface area (Å²) in [5, 5.41) is 10.3. The number of hydrogen-bond acceptors (Lipinski definition) is 8. The maximum absolute atomic E-state index is 13.1. The number of halogens is 1. The zero-order valence-electron chi connectivity index (χ0n) is 18.7. The van der Waals surface area contributed by atoms with Crippen LogP contribution in [0.25, 0.3) is 22.6 Å². The van der Waals surface area contributed by atoms with Gasteiger partial charge in [-0.1, -0.05) is 36.8 Å². The summed E-state index contributed by atoms with van der Waals surface area (Å²) in [5.74, 6) is 0.432. The van der Waals surface area contributed by atoms with E-state index in [2.05, 4.69) is 35.5 Å². The fraction of sp³-hybridized carbons (Fsp3) is 0.409. The number of amides is 1. The van der Waals surface area contributed by atoms with Gasteiger partial charge in [0.1, 0.15) is 21.9 Å². The highest BCUT2D eigenvalue weighted by Gasteiger charge is 2.31. The molecule has 34 heavy (non-hydrogen) atoms. The molecule has 4 heterocycles. The second kappa shape index (κ2) is 9.22. The van der Waals surface area contributed by atoms with Crippen molar-refractivity contribution in [2.45, 2.75) is 51.6 Å². The quantitative estimate of drug-likeness (QED) is 0.383. The third kappa shape index (κ3) is 4.32. The number of ketones is 1. The van der Waals surface area contributed by atoms with Crippen molar-refractivity contribution in [3.63, 3.8) is 0 Å². The molecule has 2 N–H and O–H groups in total. The van der Waals surface area contributed by atoms with Crippen LogP contribution in [0.5, 0.6) is 0 Å². The third-order valence-corrected chi connectivity index (χ3v) is 7.10. The minimum atomic E-state index is -0.229. The minimum absolute atomic E-state index is 0.0102. The topological polar surface area (TPSA) is 131 Å². The van der Waals surface area contributed by atoms with Gasteiger partial charge in [0.05, 0.1) is 17.9 Å². The molecule has 10 nitrogen and oxygen atoms in total. The van der Waals surface area contributed by atoms with Crippen molar-refractivity contribution < 1.29 is 9.59 Å². The number of Topliss-reactive ketones (excluding diaryl/α,β-unsaturated/α-hetero) is 1. The van der Waals surface area contributed by atoms with Gasteiger partial charge in [0, 0.05) is 18.0 Å². The predicted octanol–water partition coefficient (Wildman–Crippen LogP) is 4.08. The Morgan fingerprint density at radius 1 is 1.24 bits per heavy atom. The number of pyridine rings is 1. The molecule has 0 saturated heterocycles. The van der Waals surface area contributed by atoms with Crippen LogP contribution >= 0.6 is 22.9 Å². The summed E-state index contributed by atoms with van der Waals surface area (Å²) in [6.07, 6.45) is 7.93. The summed E-state index contributed by atoms with van der Waals surface area (Å²) in [5.41, 5.74) is 2.05. The normalized spacial score (nSPS) is 18.5. The first kappa shape index (κ1) is 22.6. The summed E-state index contributed by atoms with van der Waals surface area (Å²) in [7, 11) is 0. The van der Waals surface area contributed by atoms with E-state index in [-0.39, 0.29) is 29.7 Å². The Morgan fingerprint density at radius 2 is 2.09 bits per heavy atom. The summed E-state index contributed by atoms with van der Waals surface area (Å²) >= 11 is 7.09. The van der Waals surface area contributed by atoms with Crippen molar-refractivity contribution in [1.82, 2.24) is 40.0 Å². The lowest BCUT2D eigenvalue weighted by Crippen LogP contribution is -2.39. The van der Waals surface area contributed by atoms with Crippen LogP contribution in [0.3, 0.4) is 0 Å². The summed E-state index contributed by atoms with van der Waals surface area (Å²) in [4.78, 5) is 43.1. The number of hydrogen-bond donors (Lipinski definition) is 2. The fourth-order valence-corrected chi connectivity index (χ4v) is 5.21. The molecule has 0 radical (unpaired) electrons.